The molecule has 0 amide bonds. The molecule has 0 aliphatic carbocycles. The summed E-state index contributed by atoms with van der Waals surface area (Å²) in [6.07, 6.45) is 0. The zero-order chi connectivity index (χ0) is 18.7. The van der Waals surface area contributed by atoms with Crippen LogP contribution in [-0.2, 0) is 0 Å². The van der Waals surface area contributed by atoms with Crippen LogP contribution >= 0.6 is 0 Å². The molecule has 0 aliphatic heterocycles. The number of rotatable bonds is 5. The molecule has 1 aromatic heterocycles. The lowest BCUT2D eigenvalue weighted by molar-refractivity contribution is 0.356. The Kier molecular flexibility index (Phi) is 4.76. The summed E-state index contributed by atoms with van der Waals surface area (Å²) < 4.78 is 10.6. The first kappa shape index (κ1) is 17.3. The molecule has 26 heavy (non-hydrogen) atoms. The molecule has 2 aromatic carbocycles. The van der Waals surface area contributed by atoms with E-state index in [4.69, 9.17) is 20.5 Å². The molecule has 0 aliphatic rings. The molecule has 3 N–H and O–H groups in total. The van der Waals surface area contributed by atoms with Gasteiger partial charge in [0.1, 0.15) is 5.82 Å². The van der Waals surface area contributed by atoms with Crippen LogP contribution in [0.4, 0.5) is 11.8 Å². The third kappa shape index (κ3) is 3.30. The largest absolute Gasteiger partial charge is 0.493 e. The molecule has 0 radical (unpaired) electrons. The molecule has 0 saturated heterocycles. The Bertz CT molecular complexity index is 997. The topological polar surface area (TPSA) is 106 Å². The Hall–Kier alpha value is -3.53. The van der Waals surface area contributed by atoms with Gasteiger partial charge in [0, 0.05) is 11.5 Å². The predicted molar refractivity (Wildman–Crippen MR) is 100 cm³/mol. The predicted octanol–water partition coefficient (Wildman–Crippen LogP) is 3.27. The van der Waals surface area contributed by atoms with Gasteiger partial charge in [-0.3, -0.25) is 0 Å². The quantitative estimate of drug-likeness (QED) is 0.728. The maximum atomic E-state index is 9.05. The summed E-state index contributed by atoms with van der Waals surface area (Å²) >= 11 is 0. The minimum Gasteiger partial charge on any atom is -0.493 e. The number of nitrogens with zero attached hydrogens (tertiary/aromatic N) is 3. The zero-order valence-electron chi connectivity index (χ0n) is 14.8. The van der Waals surface area contributed by atoms with Crippen LogP contribution in [0.15, 0.2) is 36.4 Å². The lowest BCUT2D eigenvalue weighted by atomic mass is 10.1. The second-order valence-corrected chi connectivity index (χ2v) is 5.76. The molecule has 7 nitrogen and oxygen atoms in total. The average molecular weight is 349 g/mol. The van der Waals surface area contributed by atoms with Crippen molar-refractivity contribution in [3.63, 3.8) is 0 Å². The van der Waals surface area contributed by atoms with Crippen LogP contribution in [0.1, 0.15) is 24.1 Å². The third-order valence-corrected chi connectivity index (χ3v) is 4.09. The van der Waals surface area contributed by atoms with Crippen LogP contribution in [0, 0.1) is 11.3 Å². The van der Waals surface area contributed by atoms with E-state index in [0.717, 1.165) is 5.56 Å². The van der Waals surface area contributed by atoms with E-state index in [1.807, 2.05) is 25.1 Å². The van der Waals surface area contributed by atoms with Gasteiger partial charge in [-0.1, -0.05) is 12.1 Å². The number of aromatic nitrogens is 2. The SMILES string of the molecule is COc1cc2nc(NC(C)c3cccc(C#N)c3)nc(N)c2cc1OC. The van der Waals surface area contributed by atoms with Crippen LogP contribution in [-0.4, -0.2) is 24.2 Å². The first-order valence-corrected chi connectivity index (χ1v) is 8.01. The standard InChI is InChI=1S/C19H19N5O2/c1-11(13-6-4-5-12(7-13)10-20)22-19-23-15-9-17(26-3)16(25-2)8-14(15)18(21)24-19/h4-9,11H,1-3H3,(H3,21,22,23,24). The van der Waals surface area contributed by atoms with Crippen molar-refractivity contribution in [3.05, 3.63) is 47.5 Å². The van der Waals surface area contributed by atoms with E-state index in [1.165, 1.54) is 0 Å². The lowest BCUT2D eigenvalue weighted by Crippen LogP contribution is -2.11. The van der Waals surface area contributed by atoms with E-state index in [0.29, 0.717) is 39.7 Å². The maximum absolute atomic E-state index is 9.05. The number of hydrogen-bond donors (Lipinski definition) is 2. The molecule has 1 atom stereocenters. The summed E-state index contributed by atoms with van der Waals surface area (Å²) in [4.78, 5) is 8.86. The van der Waals surface area contributed by atoms with E-state index in [1.54, 1.807) is 32.4 Å². The first-order chi connectivity index (χ1) is 12.5. The maximum Gasteiger partial charge on any atom is 0.225 e. The Balaban J connectivity index is 1.96. The average Bonchev–Trinajstić information content (AvgIpc) is 2.67. The van der Waals surface area contributed by atoms with Crippen molar-refractivity contribution in [1.82, 2.24) is 9.97 Å². The van der Waals surface area contributed by atoms with Crippen molar-refractivity contribution in [2.75, 3.05) is 25.3 Å². The monoisotopic (exact) mass is 349 g/mol. The number of fused-ring (bicyclic) bond motifs is 1. The van der Waals surface area contributed by atoms with E-state index >= 15 is 0 Å². The minimum absolute atomic E-state index is 0.0970. The Morgan fingerprint density at radius 1 is 1.12 bits per heavy atom. The summed E-state index contributed by atoms with van der Waals surface area (Å²) in [7, 11) is 3.13. The highest BCUT2D eigenvalue weighted by Crippen LogP contribution is 2.34. The number of nitrogens with two attached hydrogens (primary N) is 1. The van der Waals surface area contributed by atoms with Crippen LogP contribution < -0.4 is 20.5 Å². The van der Waals surface area contributed by atoms with Crippen molar-refractivity contribution in [2.24, 2.45) is 0 Å². The summed E-state index contributed by atoms with van der Waals surface area (Å²) in [6.45, 7) is 1.97. The van der Waals surface area contributed by atoms with Gasteiger partial charge in [0.05, 0.1) is 37.4 Å². The van der Waals surface area contributed by atoms with Crippen LogP contribution in [0.5, 0.6) is 11.5 Å². The molecule has 1 unspecified atom stereocenters. The molecule has 7 heteroatoms. The van der Waals surface area contributed by atoms with E-state index in [2.05, 4.69) is 21.4 Å². The molecule has 3 rings (SSSR count). The van der Waals surface area contributed by atoms with Gasteiger partial charge < -0.3 is 20.5 Å². The Morgan fingerprint density at radius 3 is 2.54 bits per heavy atom. The fraction of sp³-hybridized carbons (Fsp3) is 0.211. The third-order valence-electron chi connectivity index (χ3n) is 4.09. The summed E-state index contributed by atoms with van der Waals surface area (Å²) in [5.41, 5.74) is 8.31. The number of methoxy groups -OCH3 is 2. The van der Waals surface area contributed by atoms with Gasteiger partial charge in [-0.15, -0.1) is 0 Å². The van der Waals surface area contributed by atoms with Gasteiger partial charge >= 0.3 is 0 Å². The molecule has 0 saturated carbocycles. The molecule has 0 fully saturated rings. The second kappa shape index (κ2) is 7.15. The van der Waals surface area contributed by atoms with Crippen molar-refractivity contribution in [1.29, 1.82) is 5.26 Å². The lowest BCUT2D eigenvalue weighted by Gasteiger charge is -2.16. The number of nitrogens with one attached hydrogen (secondary N) is 1. The smallest absolute Gasteiger partial charge is 0.225 e. The van der Waals surface area contributed by atoms with E-state index < -0.39 is 0 Å². The van der Waals surface area contributed by atoms with Crippen LogP contribution in [0.2, 0.25) is 0 Å². The number of nitrogen functional groups attached to an aromatic ring is 1. The molecule has 0 spiro atoms. The Labute approximate surface area is 151 Å². The highest BCUT2D eigenvalue weighted by Gasteiger charge is 2.13. The van der Waals surface area contributed by atoms with Crippen molar-refractivity contribution >= 4 is 22.7 Å². The Morgan fingerprint density at radius 2 is 1.85 bits per heavy atom. The minimum atomic E-state index is -0.0970. The number of hydrogen-bond acceptors (Lipinski definition) is 7. The van der Waals surface area contributed by atoms with Crippen molar-refractivity contribution < 1.29 is 9.47 Å². The van der Waals surface area contributed by atoms with Gasteiger partial charge in [-0.2, -0.15) is 10.2 Å². The summed E-state index contributed by atoms with van der Waals surface area (Å²) in [5.74, 6) is 1.88. The molecular weight excluding hydrogens is 330 g/mol. The normalized spacial score (nSPS) is 11.6. The fourth-order valence-electron chi connectivity index (χ4n) is 2.70. The number of nitriles is 1. The van der Waals surface area contributed by atoms with Gasteiger partial charge in [0.25, 0.3) is 0 Å². The fourth-order valence-corrected chi connectivity index (χ4v) is 2.70. The summed E-state index contributed by atoms with van der Waals surface area (Å²) in [5, 5.41) is 13.0. The van der Waals surface area contributed by atoms with E-state index in [-0.39, 0.29) is 6.04 Å². The van der Waals surface area contributed by atoms with Crippen molar-refractivity contribution in [3.8, 4) is 17.6 Å². The number of benzene rings is 2. The van der Waals surface area contributed by atoms with Gasteiger partial charge in [-0.25, -0.2) is 4.98 Å². The highest BCUT2D eigenvalue weighted by molar-refractivity contribution is 5.91. The van der Waals surface area contributed by atoms with E-state index in [9.17, 15) is 0 Å². The molecular formula is C19H19N5O2. The molecule has 132 valence electrons. The van der Waals surface area contributed by atoms with Gasteiger partial charge in [0.15, 0.2) is 11.5 Å². The molecule has 1 heterocycles. The van der Waals surface area contributed by atoms with Gasteiger partial charge in [-0.05, 0) is 30.7 Å². The first-order valence-electron chi connectivity index (χ1n) is 8.01. The molecule has 3 aromatic rings. The van der Waals surface area contributed by atoms with Crippen LogP contribution in [0.3, 0.4) is 0 Å². The van der Waals surface area contributed by atoms with Gasteiger partial charge in [0.2, 0.25) is 5.95 Å². The van der Waals surface area contributed by atoms with Crippen LogP contribution in [0.25, 0.3) is 10.9 Å². The summed E-state index contributed by atoms with van der Waals surface area (Å²) in [6, 6.07) is 12.9. The second-order valence-electron chi connectivity index (χ2n) is 5.76. The highest BCUT2D eigenvalue weighted by atomic mass is 16.5. The number of anilines is 2. The van der Waals surface area contributed by atoms with Crippen molar-refractivity contribution in [2.45, 2.75) is 13.0 Å². The molecule has 0 bridgehead atoms. The number of ether oxygens (including phenoxy) is 2. The zero-order valence-corrected chi connectivity index (χ0v) is 14.8.